The van der Waals surface area contributed by atoms with Crippen LogP contribution >= 0.6 is 11.3 Å². The predicted molar refractivity (Wildman–Crippen MR) is 140 cm³/mol. The Hall–Kier alpha value is -3.36. The molecule has 1 fully saturated rings. The summed E-state index contributed by atoms with van der Waals surface area (Å²) >= 11 is 1.37. The topological polar surface area (TPSA) is 138 Å². The highest BCUT2D eigenvalue weighted by Crippen LogP contribution is 2.35. The van der Waals surface area contributed by atoms with Gasteiger partial charge in [-0.1, -0.05) is 42.4 Å². The fourth-order valence-electron chi connectivity index (χ4n) is 3.89. The molecule has 210 valence electrons. The standard InChI is InChI=1S/C23H26N4O3S2.C2HF3O2/c1-15-10-11-18(13-20(15)32(29,30)25-14-19-9-5-6-12-24-19)21-16(2)26-23(31-21)27-22(28)17-7-3-4-8-17;3-2(4,5)1(6)7/h5-6,9-13,17,25H,3-4,7-8,14H2,1-2H3,(H,26,27,28);(H,6,7). The maximum Gasteiger partial charge on any atom is 0.490 e. The smallest absolute Gasteiger partial charge is 0.475 e. The van der Waals surface area contributed by atoms with Crippen LogP contribution in [0.15, 0.2) is 47.5 Å². The van der Waals surface area contributed by atoms with Gasteiger partial charge in [0, 0.05) is 12.1 Å². The van der Waals surface area contributed by atoms with Crippen LogP contribution in [0, 0.1) is 19.8 Å². The Balaban J connectivity index is 0.000000532. The lowest BCUT2D eigenvalue weighted by molar-refractivity contribution is -0.192. The minimum atomic E-state index is -5.08. The zero-order valence-electron chi connectivity index (χ0n) is 21.1. The van der Waals surface area contributed by atoms with Crippen LogP contribution in [-0.2, 0) is 26.2 Å². The summed E-state index contributed by atoms with van der Waals surface area (Å²) in [5, 5.41) is 10.6. The molecule has 1 aromatic carbocycles. The van der Waals surface area contributed by atoms with Crippen LogP contribution in [0.25, 0.3) is 10.4 Å². The third-order valence-electron chi connectivity index (χ3n) is 5.90. The van der Waals surface area contributed by atoms with E-state index in [0.717, 1.165) is 41.8 Å². The molecule has 1 saturated carbocycles. The molecule has 2 heterocycles. The van der Waals surface area contributed by atoms with Crippen LogP contribution in [0.1, 0.15) is 42.6 Å². The molecule has 1 aliphatic carbocycles. The van der Waals surface area contributed by atoms with Gasteiger partial charge in [0.05, 0.1) is 27.7 Å². The van der Waals surface area contributed by atoms with Gasteiger partial charge in [-0.15, -0.1) is 0 Å². The lowest BCUT2D eigenvalue weighted by Gasteiger charge is -2.11. The number of pyridine rings is 1. The molecule has 4 rings (SSSR count). The molecule has 2 aromatic heterocycles. The Bertz CT molecular complexity index is 1420. The number of aryl methyl sites for hydroxylation is 2. The van der Waals surface area contributed by atoms with Gasteiger partial charge in [-0.25, -0.2) is 22.9 Å². The number of rotatable bonds is 7. The van der Waals surface area contributed by atoms with Crippen LogP contribution < -0.4 is 10.0 Å². The van der Waals surface area contributed by atoms with Gasteiger partial charge in [-0.2, -0.15) is 13.2 Å². The second kappa shape index (κ2) is 12.7. The molecular formula is C25H27F3N4O5S2. The first-order chi connectivity index (χ1) is 18.3. The molecule has 9 nitrogen and oxygen atoms in total. The summed E-state index contributed by atoms with van der Waals surface area (Å²) in [6.07, 6.45) is 0.580. The Morgan fingerprint density at radius 3 is 2.38 bits per heavy atom. The molecular weight excluding hydrogens is 557 g/mol. The zero-order valence-corrected chi connectivity index (χ0v) is 22.7. The van der Waals surface area contributed by atoms with E-state index in [2.05, 4.69) is 20.0 Å². The monoisotopic (exact) mass is 584 g/mol. The lowest BCUT2D eigenvalue weighted by Crippen LogP contribution is -2.24. The number of amides is 1. The number of hydrogen-bond acceptors (Lipinski definition) is 7. The van der Waals surface area contributed by atoms with Crippen molar-refractivity contribution in [3.63, 3.8) is 0 Å². The van der Waals surface area contributed by atoms with Crippen LogP contribution in [-0.4, -0.2) is 41.5 Å². The van der Waals surface area contributed by atoms with E-state index in [1.807, 2.05) is 19.1 Å². The van der Waals surface area contributed by atoms with E-state index in [0.29, 0.717) is 16.4 Å². The molecule has 3 N–H and O–H groups in total. The van der Waals surface area contributed by atoms with Crippen LogP contribution in [0.2, 0.25) is 0 Å². The van der Waals surface area contributed by atoms with E-state index in [1.165, 1.54) is 11.3 Å². The second-order valence-electron chi connectivity index (χ2n) is 8.83. The number of nitrogens with zero attached hydrogens (tertiary/aromatic N) is 2. The second-order valence-corrected chi connectivity index (χ2v) is 11.6. The summed E-state index contributed by atoms with van der Waals surface area (Å²) in [6, 6.07) is 10.7. The van der Waals surface area contributed by atoms with E-state index >= 15 is 0 Å². The van der Waals surface area contributed by atoms with Crippen molar-refractivity contribution >= 4 is 38.4 Å². The minimum Gasteiger partial charge on any atom is -0.475 e. The number of sulfonamides is 1. The third kappa shape index (κ3) is 8.31. The van der Waals surface area contributed by atoms with Crippen molar-refractivity contribution in [3.05, 3.63) is 59.5 Å². The molecule has 0 atom stereocenters. The van der Waals surface area contributed by atoms with Gasteiger partial charge in [0.1, 0.15) is 0 Å². The van der Waals surface area contributed by atoms with Gasteiger partial charge in [0.2, 0.25) is 15.9 Å². The van der Waals surface area contributed by atoms with Gasteiger partial charge in [0.25, 0.3) is 0 Å². The van der Waals surface area contributed by atoms with E-state index < -0.39 is 22.2 Å². The van der Waals surface area contributed by atoms with Crippen LogP contribution in [0.5, 0.6) is 0 Å². The zero-order chi connectivity index (χ0) is 28.8. The number of carbonyl (C=O) groups is 2. The number of aliphatic carboxylic acids is 1. The number of nitrogens with one attached hydrogen (secondary N) is 2. The molecule has 0 spiro atoms. The molecule has 0 aliphatic heterocycles. The third-order valence-corrected chi connectivity index (χ3v) is 8.57. The Kier molecular flexibility index (Phi) is 9.80. The molecule has 14 heteroatoms. The van der Waals surface area contributed by atoms with Crippen molar-refractivity contribution in [2.45, 2.75) is 57.1 Å². The summed E-state index contributed by atoms with van der Waals surface area (Å²) in [4.78, 5) is 31.1. The first-order valence-electron chi connectivity index (χ1n) is 11.9. The number of carboxylic acid groups (broad SMARTS) is 1. The minimum absolute atomic E-state index is 0.0219. The number of carbonyl (C=O) groups excluding carboxylic acids is 1. The van der Waals surface area contributed by atoms with E-state index in [4.69, 9.17) is 9.90 Å². The van der Waals surface area contributed by atoms with E-state index in [9.17, 15) is 26.4 Å². The quantitative estimate of drug-likeness (QED) is 0.353. The van der Waals surface area contributed by atoms with Gasteiger partial charge in [-0.3, -0.25) is 9.78 Å². The van der Waals surface area contributed by atoms with E-state index in [-0.39, 0.29) is 23.3 Å². The van der Waals surface area contributed by atoms with Crippen molar-refractivity contribution in [3.8, 4) is 10.4 Å². The van der Waals surface area contributed by atoms with Crippen LogP contribution in [0.4, 0.5) is 18.3 Å². The molecule has 3 aromatic rings. The first kappa shape index (κ1) is 30.2. The molecule has 0 bridgehead atoms. The summed E-state index contributed by atoms with van der Waals surface area (Å²) in [5.74, 6) is -2.68. The largest absolute Gasteiger partial charge is 0.490 e. The molecule has 0 saturated heterocycles. The van der Waals surface area contributed by atoms with E-state index in [1.54, 1.807) is 37.4 Å². The highest BCUT2D eigenvalue weighted by atomic mass is 32.2. The van der Waals surface area contributed by atoms with Crippen molar-refractivity contribution in [2.75, 3.05) is 5.32 Å². The number of halogens is 3. The summed E-state index contributed by atoms with van der Waals surface area (Å²) in [6.45, 7) is 3.75. The molecule has 0 unspecified atom stereocenters. The van der Waals surface area contributed by atoms with Crippen molar-refractivity contribution in [1.29, 1.82) is 0 Å². The number of aromatic nitrogens is 2. The Morgan fingerprint density at radius 2 is 1.79 bits per heavy atom. The highest BCUT2D eigenvalue weighted by Gasteiger charge is 2.38. The average molecular weight is 585 g/mol. The maximum absolute atomic E-state index is 13.0. The number of benzene rings is 1. The van der Waals surface area contributed by atoms with Gasteiger partial charge < -0.3 is 10.4 Å². The van der Waals surface area contributed by atoms with Crippen molar-refractivity contribution < 1.29 is 36.3 Å². The first-order valence-corrected chi connectivity index (χ1v) is 14.2. The molecule has 1 amide bonds. The SMILES string of the molecule is Cc1ccc(-c2sc(NC(=O)C3CCCC3)nc2C)cc1S(=O)(=O)NCc1ccccn1.O=C(O)C(F)(F)F. The van der Waals surface area contributed by atoms with Gasteiger partial charge >= 0.3 is 12.1 Å². The number of thiazole rings is 1. The predicted octanol–water partition coefficient (Wildman–Crippen LogP) is 5.06. The Labute approximate surface area is 227 Å². The Morgan fingerprint density at radius 1 is 1.13 bits per heavy atom. The summed E-state index contributed by atoms with van der Waals surface area (Å²) < 4.78 is 60.3. The van der Waals surface area contributed by atoms with Crippen molar-refractivity contribution in [2.24, 2.45) is 5.92 Å². The van der Waals surface area contributed by atoms with Crippen molar-refractivity contribution in [1.82, 2.24) is 14.7 Å². The van der Waals surface area contributed by atoms with Gasteiger partial charge in [0.15, 0.2) is 5.13 Å². The fraction of sp³-hybridized carbons (Fsp3) is 0.360. The van der Waals surface area contributed by atoms with Crippen LogP contribution in [0.3, 0.4) is 0 Å². The molecule has 1 aliphatic rings. The number of hydrogen-bond donors (Lipinski definition) is 3. The highest BCUT2D eigenvalue weighted by molar-refractivity contribution is 7.89. The van der Waals surface area contributed by atoms with Gasteiger partial charge in [-0.05, 0) is 56.0 Å². The summed E-state index contributed by atoms with van der Waals surface area (Å²) in [7, 11) is -3.73. The number of anilines is 1. The molecule has 39 heavy (non-hydrogen) atoms. The fourth-order valence-corrected chi connectivity index (χ4v) is 6.13. The normalized spacial score (nSPS) is 14.0. The average Bonchev–Trinajstić information content (AvgIpc) is 3.54. The summed E-state index contributed by atoms with van der Waals surface area (Å²) in [5.41, 5.74) is 2.81. The maximum atomic E-state index is 13.0. The lowest BCUT2D eigenvalue weighted by atomic mass is 10.1. The number of carboxylic acids is 1. The number of alkyl halides is 3. The molecule has 0 radical (unpaired) electrons.